The summed E-state index contributed by atoms with van der Waals surface area (Å²) in [5.41, 5.74) is 0.618. The summed E-state index contributed by atoms with van der Waals surface area (Å²) in [6.07, 6.45) is 1.58. The molecule has 11 heteroatoms. The predicted octanol–water partition coefficient (Wildman–Crippen LogP) is 2.22. The van der Waals surface area contributed by atoms with E-state index in [4.69, 9.17) is 14.4 Å². The van der Waals surface area contributed by atoms with Gasteiger partial charge in [0.05, 0.1) is 42.7 Å². The van der Waals surface area contributed by atoms with Crippen molar-refractivity contribution in [1.82, 2.24) is 19.1 Å². The van der Waals surface area contributed by atoms with Gasteiger partial charge in [-0.2, -0.15) is 9.57 Å². The van der Waals surface area contributed by atoms with Gasteiger partial charge >= 0.3 is 0 Å². The zero-order valence-corrected chi connectivity index (χ0v) is 17.6. The average molecular weight is 446 g/mol. The van der Waals surface area contributed by atoms with Crippen LogP contribution in [0.25, 0.3) is 11.4 Å². The normalized spacial score (nSPS) is 15.2. The van der Waals surface area contributed by atoms with E-state index in [1.807, 2.05) is 10.6 Å². The molecule has 0 aliphatic carbocycles. The minimum atomic E-state index is -3.63. The molecule has 1 aliphatic rings. The van der Waals surface area contributed by atoms with Crippen LogP contribution < -0.4 is 0 Å². The summed E-state index contributed by atoms with van der Waals surface area (Å²) in [4.78, 5) is 0.195. The Morgan fingerprint density at radius 2 is 2.00 bits per heavy atom. The maximum atomic E-state index is 13.0. The molecule has 9 nitrogen and oxygen atoms in total. The number of thioether (sulfide) groups is 1. The Morgan fingerprint density at radius 3 is 2.73 bits per heavy atom. The van der Waals surface area contributed by atoms with E-state index in [1.54, 1.807) is 36.6 Å². The SMILES string of the molecule is N#CCSc1nnc(-c2cccc(S(=O)(=O)N3CCOCC3)c2)n1Cc1ccco1. The second kappa shape index (κ2) is 9.01. The molecule has 0 radical (unpaired) electrons. The molecule has 0 saturated carbocycles. The van der Waals surface area contributed by atoms with Crippen LogP contribution >= 0.6 is 11.8 Å². The summed E-state index contributed by atoms with van der Waals surface area (Å²) in [5.74, 6) is 1.43. The van der Waals surface area contributed by atoms with Gasteiger partial charge in [-0.25, -0.2) is 8.42 Å². The highest BCUT2D eigenvalue weighted by molar-refractivity contribution is 7.99. The first-order valence-corrected chi connectivity index (χ1v) is 11.7. The standard InChI is InChI=1S/C19H19N5O4S2/c20-6-12-29-19-22-21-18(24(19)14-16-4-2-9-28-16)15-3-1-5-17(13-15)30(25,26)23-7-10-27-11-8-23/h1-5,9,13H,7-8,10-12,14H2. The Labute approximate surface area is 178 Å². The molecule has 0 atom stereocenters. The highest BCUT2D eigenvalue weighted by Gasteiger charge is 2.27. The molecule has 1 saturated heterocycles. The van der Waals surface area contributed by atoms with Crippen LogP contribution in [0, 0.1) is 11.3 Å². The van der Waals surface area contributed by atoms with Crippen molar-refractivity contribution in [1.29, 1.82) is 5.26 Å². The van der Waals surface area contributed by atoms with E-state index in [1.165, 1.54) is 16.1 Å². The third-order valence-corrected chi connectivity index (χ3v) is 7.31. The third-order valence-electron chi connectivity index (χ3n) is 4.58. The molecule has 4 rings (SSSR count). The third kappa shape index (κ3) is 4.27. The Morgan fingerprint density at radius 1 is 1.17 bits per heavy atom. The summed E-state index contributed by atoms with van der Waals surface area (Å²) in [5, 5.41) is 17.9. The summed E-state index contributed by atoms with van der Waals surface area (Å²) in [7, 11) is -3.63. The molecule has 0 N–H and O–H groups in total. The van der Waals surface area contributed by atoms with Crippen molar-refractivity contribution in [3.8, 4) is 17.5 Å². The van der Waals surface area contributed by atoms with E-state index in [9.17, 15) is 8.42 Å². The lowest BCUT2D eigenvalue weighted by atomic mass is 10.2. The molecular formula is C19H19N5O4S2. The molecule has 1 aromatic carbocycles. The molecule has 30 heavy (non-hydrogen) atoms. The lowest BCUT2D eigenvalue weighted by Gasteiger charge is -2.26. The van der Waals surface area contributed by atoms with E-state index in [2.05, 4.69) is 16.3 Å². The van der Waals surface area contributed by atoms with Gasteiger partial charge in [0.25, 0.3) is 0 Å². The molecular weight excluding hydrogens is 426 g/mol. The Bertz CT molecular complexity index is 1150. The second-order valence-corrected chi connectivity index (χ2v) is 9.34. The molecule has 156 valence electrons. The van der Waals surface area contributed by atoms with Crippen LogP contribution in [0.5, 0.6) is 0 Å². The van der Waals surface area contributed by atoms with Crippen molar-refractivity contribution in [2.45, 2.75) is 16.6 Å². The van der Waals surface area contributed by atoms with Crippen molar-refractivity contribution >= 4 is 21.8 Å². The number of benzene rings is 1. The zero-order chi connectivity index (χ0) is 21.0. The summed E-state index contributed by atoms with van der Waals surface area (Å²) < 4.78 is 40.0. The van der Waals surface area contributed by atoms with Crippen LogP contribution in [0.1, 0.15) is 5.76 Å². The topological polar surface area (TPSA) is 114 Å². The minimum Gasteiger partial charge on any atom is -0.467 e. The van der Waals surface area contributed by atoms with Gasteiger partial charge in [-0.1, -0.05) is 23.9 Å². The van der Waals surface area contributed by atoms with Gasteiger partial charge in [0.2, 0.25) is 10.0 Å². The first-order valence-electron chi connectivity index (χ1n) is 9.23. The first kappa shape index (κ1) is 20.6. The number of morpholine rings is 1. The highest BCUT2D eigenvalue weighted by atomic mass is 32.2. The maximum Gasteiger partial charge on any atom is 0.243 e. The van der Waals surface area contributed by atoms with E-state index in [-0.39, 0.29) is 10.6 Å². The van der Waals surface area contributed by atoms with Gasteiger partial charge < -0.3 is 9.15 Å². The Hall–Kier alpha value is -2.65. The molecule has 0 unspecified atom stereocenters. The lowest BCUT2D eigenvalue weighted by Crippen LogP contribution is -2.40. The number of nitrogens with zero attached hydrogens (tertiary/aromatic N) is 5. The van der Waals surface area contributed by atoms with Crippen LogP contribution in [0.3, 0.4) is 0 Å². The summed E-state index contributed by atoms with van der Waals surface area (Å²) >= 11 is 1.26. The van der Waals surface area contributed by atoms with Crippen LogP contribution in [-0.2, 0) is 21.3 Å². The Balaban J connectivity index is 1.71. The molecule has 2 aromatic heterocycles. The number of ether oxygens (including phenoxy) is 1. The van der Waals surface area contributed by atoms with Crippen molar-refractivity contribution in [3.63, 3.8) is 0 Å². The van der Waals surface area contributed by atoms with Gasteiger partial charge in [0, 0.05) is 18.7 Å². The fourth-order valence-electron chi connectivity index (χ4n) is 3.14. The number of hydrogen-bond donors (Lipinski definition) is 0. The van der Waals surface area contributed by atoms with Gasteiger partial charge in [-0.15, -0.1) is 10.2 Å². The second-order valence-electron chi connectivity index (χ2n) is 6.46. The van der Waals surface area contributed by atoms with Gasteiger partial charge in [-0.05, 0) is 24.3 Å². The van der Waals surface area contributed by atoms with Gasteiger partial charge in [0.15, 0.2) is 11.0 Å². The number of sulfonamides is 1. The number of hydrogen-bond acceptors (Lipinski definition) is 8. The smallest absolute Gasteiger partial charge is 0.243 e. The lowest BCUT2D eigenvalue weighted by molar-refractivity contribution is 0.0730. The molecule has 0 spiro atoms. The largest absolute Gasteiger partial charge is 0.467 e. The molecule has 0 amide bonds. The van der Waals surface area contributed by atoms with Crippen molar-refractivity contribution in [2.24, 2.45) is 0 Å². The van der Waals surface area contributed by atoms with Crippen LogP contribution in [0.4, 0.5) is 0 Å². The minimum absolute atomic E-state index is 0.195. The number of aromatic nitrogens is 3. The summed E-state index contributed by atoms with van der Waals surface area (Å²) in [6.45, 7) is 1.79. The van der Waals surface area contributed by atoms with Crippen LogP contribution in [0.15, 0.2) is 57.1 Å². The van der Waals surface area contributed by atoms with Gasteiger partial charge in [-0.3, -0.25) is 4.57 Å². The molecule has 1 aliphatic heterocycles. The van der Waals surface area contributed by atoms with Crippen molar-refractivity contribution < 1.29 is 17.6 Å². The van der Waals surface area contributed by atoms with E-state index < -0.39 is 10.0 Å². The van der Waals surface area contributed by atoms with E-state index in [0.29, 0.717) is 55.2 Å². The highest BCUT2D eigenvalue weighted by Crippen LogP contribution is 2.28. The number of furan rings is 1. The Kier molecular flexibility index (Phi) is 6.19. The fourth-order valence-corrected chi connectivity index (χ4v) is 5.19. The zero-order valence-electron chi connectivity index (χ0n) is 16.0. The number of nitriles is 1. The van der Waals surface area contributed by atoms with Gasteiger partial charge in [0.1, 0.15) is 5.76 Å². The average Bonchev–Trinajstić information content (AvgIpc) is 3.43. The fraction of sp³-hybridized carbons (Fsp3) is 0.316. The van der Waals surface area contributed by atoms with E-state index >= 15 is 0 Å². The first-order chi connectivity index (χ1) is 14.6. The quantitative estimate of drug-likeness (QED) is 0.509. The molecule has 1 fully saturated rings. The van der Waals surface area contributed by atoms with Crippen LogP contribution in [-0.4, -0.2) is 59.5 Å². The molecule has 3 heterocycles. The molecule has 0 bridgehead atoms. The maximum absolute atomic E-state index is 13.0. The molecule has 3 aromatic rings. The van der Waals surface area contributed by atoms with Crippen molar-refractivity contribution in [2.75, 3.05) is 32.1 Å². The monoisotopic (exact) mass is 445 g/mol. The predicted molar refractivity (Wildman–Crippen MR) is 109 cm³/mol. The van der Waals surface area contributed by atoms with Crippen LogP contribution in [0.2, 0.25) is 0 Å². The number of rotatable bonds is 7. The summed E-state index contributed by atoms with van der Waals surface area (Å²) in [6, 6.07) is 12.4. The van der Waals surface area contributed by atoms with E-state index in [0.717, 1.165) is 0 Å². The van der Waals surface area contributed by atoms with Crippen molar-refractivity contribution in [3.05, 3.63) is 48.4 Å².